The minimum atomic E-state index is -3.79. The maximum absolute atomic E-state index is 13.2. The maximum Gasteiger partial charge on any atom is 0.243 e. The minimum absolute atomic E-state index is 0.000614. The Balaban J connectivity index is 1.73. The van der Waals surface area contributed by atoms with Crippen molar-refractivity contribution < 1.29 is 22.0 Å². The van der Waals surface area contributed by atoms with Crippen molar-refractivity contribution in [3.8, 4) is 0 Å². The van der Waals surface area contributed by atoms with Crippen molar-refractivity contribution >= 4 is 21.6 Å². The number of rotatable bonds is 4. The summed E-state index contributed by atoms with van der Waals surface area (Å²) in [5.74, 6) is -1.72. The summed E-state index contributed by atoms with van der Waals surface area (Å²) < 4.78 is 53.0. The first-order valence-electron chi connectivity index (χ1n) is 8.60. The van der Waals surface area contributed by atoms with Crippen LogP contribution in [0.3, 0.4) is 0 Å². The highest BCUT2D eigenvalue weighted by molar-refractivity contribution is 7.89. The monoisotopic (exact) mass is 394 g/mol. The lowest BCUT2D eigenvalue weighted by atomic mass is 9.98. The van der Waals surface area contributed by atoms with Gasteiger partial charge < -0.3 is 5.32 Å². The molecule has 0 saturated carbocycles. The van der Waals surface area contributed by atoms with Gasteiger partial charge in [0.1, 0.15) is 11.6 Å². The van der Waals surface area contributed by atoms with Gasteiger partial charge in [-0.25, -0.2) is 17.2 Å². The molecule has 2 aromatic carbocycles. The van der Waals surface area contributed by atoms with Crippen LogP contribution in [0.15, 0.2) is 47.4 Å². The summed E-state index contributed by atoms with van der Waals surface area (Å²) in [7, 11) is -3.79. The molecule has 1 amide bonds. The topological polar surface area (TPSA) is 66.5 Å². The molecule has 144 valence electrons. The van der Waals surface area contributed by atoms with Gasteiger partial charge in [0, 0.05) is 18.8 Å². The molecule has 1 atom stereocenters. The van der Waals surface area contributed by atoms with Crippen LogP contribution in [0, 0.1) is 24.5 Å². The van der Waals surface area contributed by atoms with Gasteiger partial charge in [-0.2, -0.15) is 4.31 Å². The Labute approximate surface area is 157 Å². The summed E-state index contributed by atoms with van der Waals surface area (Å²) in [5, 5.41) is 2.75. The summed E-state index contributed by atoms with van der Waals surface area (Å²) in [6.45, 7) is 2.04. The number of nitrogens with one attached hydrogen (secondary N) is 1. The average molecular weight is 394 g/mol. The highest BCUT2D eigenvalue weighted by Crippen LogP contribution is 2.25. The van der Waals surface area contributed by atoms with Gasteiger partial charge in [0.15, 0.2) is 0 Å². The van der Waals surface area contributed by atoms with Crippen molar-refractivity contribution in [2.75, 3.05) is 18.4 Å². The molecular weight excluding hydrogens is 374 g/mol. The van der Waals surface area contributed by atoms with Crippen LogP contribution in [0.25, 0.3) is 0 Å². The highest BCUT2D eigenvalue weighted by atomic mass is 32.2. The van der Waals surface area contributed by atoms with Gasteiger partial charge >= 0.3 is 0 Å². The Morgan fingerprint density at radius 2 is 1.78 bits per heavy atom. The van der Waals surface area contributed by atoms with Crippen molar-refractivity contribution in [1.29, 1.82) is 0 Å². The van der Waals surface area contributed by atoms with Crippen LogP contribution in [0.4, 0.5) is 14.5 Å². The lowest BCUT2D eigenvalue weighted by Gasteiger charge is -2.31. The van der Waals surface area contributed by atoms with Crippen molar-refractivity contribution in [2.45, 2.75) is 24.7 Å². The largest absolute Gasteiger partial charge is 0.326 e. The molecular formula is C19H20F2N2O3S. The van der Waals surface area contributed by atoms with Gasteiger partial charge in [-0.1, -0.05) is 0 Å². The molecule has 0 unspecified atom stereocenters. The standard InChI is InChI=1S/C19H20F2N2O3S/c1-13-11-16(21)6-9-18(13)22-19(24)14-3-2-10-23(12-14)27(25,26)17-7-4-15(20)5-8-17/h4-9,11,14H,2-3,10,12H2,1H3,(H,22,24)/t14-/m0/s1. The molecule has 3 rings (SSSR count). The second kappa shape index (κ2) is 7.74. The summed E-state index contributed by atoms with van der Waals surface area (Å²) in [6.07, 6.45) is 1.10. The van der Waals surface area contributed by atoms with E-state index >= 15 is 0 Å². The maximum atomic E-state index is 13.2. The van der Waals surface area contributed by atoms with Gasteiger partial charge in [0.25, 0.3) is 0 Å². The van der Waals surface area contributed by atoms with Crippen LogP contribution >= 0.6 is 0 Å². The number of benzene rings is 2. The summed E-state index contributed by atoms with van der Waals surface area (Å²) in [6, 6.07) is 8.69. The Kier molecular flexibility index (Phi) is 5.57. The first kappa shape index (κ1) is 19.4. The van der Waals surface area contributed by atoms with Crippen LogP contribution < -0.4 is 5.32 Å². The number of carbonyl (C=O) groups excluding carboxylic acids is 1. The van der Waals surface area contributed by atoms with E-state index in [2.05, 4.69) is 5.32 Å². The number of anilines is 1. The third kappa shape index (κ3) is 4.33. The third-order valence-corrected chi connectivity index (χ3v) is 6.53. The van der Waals surface area contributed by atoms with Crippen molar-refractivity contribution in [2.24, 2.45) is 5.92 Å². The number of aryl methyl sites for hydroxylation is 1. The predicted octanol–water partition coefficient (Wildman–Crippen LogP) is 3.31. The molecule has 8 heteroatoms. The molecule has 5 nitrogen and oxygen atoms in total. The van der Waals surface area contributed by atoms with Gasteiger partial charge in [0.2, 0.25) is 15.9 Å². The van der Waals surface area contributed by atoms with Crippen LogP contribution in [-0.4, -0.2) is 31.7 Å². The van der Waals surface area contributed by atoms with E-state index in [0.717, 1.165) is 12.1 Å². The molecule has 0 spiro atoms. The SMILES string of the molecule is Cc1cc(F)ccc1NC(=O)[C@H]1CCCN(S(=O)(=O)c2ccc(F)cc2)C1. The molecule has 0 aromatic heterocycles. The van der Waals surface area contributed by atoms with E-state index < -0.39 is 21.8 Å². The zero-order valence-electron chi connectivity index (χ0n) is 14.8. The van der Waals surface area contributed by atoms with Crippen LogP contribution in [0.1, 0.15) is 18.4 Å². The number of sulfonamides is 1. The van der Waals surface area contributed by atoms with E-state index in [1.807, 2.05) is 0 Å². The number of piperidine rings is 1. The molecule has 0 radical (unpaired) electrons. The fourth-order valence-electron chi connectivity index (χ4n) is 3.13. The van der Waals surface area contributed by atoms with E-state index in [0.29, 0.717) is 30.6 Å². The number of hydrogen-bond acceptors (Lipinski definition) is 3. The summed E-state index contributed by atoms with van der Waals surface area (Å²) in [5.41, 5.74) is 1.09. The molecule has 0 aliphatic carbocycles. The summed E-state index contributed by atoms with van der Waals surface area (Å²) in [4.78, 5) is 12.6. The normalized spacial score (nSPS) is 18.3. The molecule has 1 heterocycles. The molecule has 0 bridgehead atoms. The van der Waals surface area contributed by atoms with Crippen molar-refractivity contribution in [3.05, 3.63) is 59.7 Å². The molecule has 2 aromatic rings. The van der Waals surface area contributed by atoms with Gasteiger partial charge in [0.05, 0.1) is 10.8 Å². The van der Waals surface area contributed by atoms with Crippen LogP contribution in [0.2, 0.25) is 0 Å². The molecule has 1 fully saturated rings. The van der Waals surface area contributed by atoms with E-state index in [9.17, 15) is 22.0 Å². The molecule has 1 aliphatic rings. The summed E-state index contributed by atoms with van der Waals surface area (Å²) >= 11 is 0. The Hall–Kier alpha value is -2.32. The number of hydrogen-bond donors (Lipinski definition) is 1. The van der Waals surface area contributed by atoms with Crippen molar-refractivity contribution in [3.63, 3.8) is 0 Å². The molecule has 1 aliphatic heterocycles. The quantitative estimate of drug-likeness (QED) is 0.865. The fourth-order valence-corrected chi connectivity index (χ4v) is 4.66. The first-order valence-corrected chi connectivity index (χ1v) is 10.0. The van der Waals surface area contributed by atoms with Crippen LogP contribution in [-0.2, 0) is 14.8 Å². The third-order valence-electron chi connectivity index (χ3n) is 4.65. The zero-order chi connectivity index (χ0) is 19.6. The van der Waals surface area contributed by atoms with Gasteiger partial charge in [-0.15, -0.1) is 0 Å². The van der Waals surface area contributed by atoms with E-state index in [-0.39, 0.29) is 23.2 Å². The molecule has 27 heavy (non-hydrogen) atoms. The molecule has 1 N–H and O–H groups in total. The lowest BCUT2D eigenvalue weighted by molar-refractivity contribution is -0.120. The average Bonchev–Trinajstić information content (AvgIpc) is 2.64. The highest BCUT2D eigenvalue weighted by Gasteiger charge is 2.33. The predicted molar refractivity (Wildman–Crippen MR) is 97.6 cm³/mol. The smallest absolute Gasteiger partial charge is 0.243 e. The fraction of sp³-hybridized carbons (Fsp3) is 0.316. The number of amides is 1. The second-order valence-corrected chi connectivity index (χ2v) is 8.54. The zero-order valence-corrected chi connectivity index (χ0v) is 15.6. The second-order valence-electron chi connectivity index (χ2n) is 6.60. The Morgan fingerprint density at radius 3 is 2.44 bits per heavy atom. The number of halogens is 2. The van der Waals surface area contributed by atoms with E-state index in [1.165, 1.54) is 34.6 Å². The van der Waals surface area contributed by atoms with Gasteiger partial charge in [-0.05, 0) is 67.8 Å². The van der Waals surface area contributed by atoms with E-state index in [1.54, 1.807) is 6.92 Å². The van der Waals surface area contributed by atoms with Gasteiger partial charge in [-0.3, -0.25) is 4.79 Å². The minimum Gasteiger partial charge on any atom is -0.326 e. The van der Waals surface area contributed by atoms with Crippen LogP contribution in [0.5, 0.6) is 0 Å². The Bertz CT molecular complexity index is 946. The van der Waals surface area contributed by atoms with Crippen molar-refractivity contribution in [1.82, 2.24) is 4.31 Å². The number of nitrogens with zero attached hydrogens (tertiary/aromatic N) is 1. The Morgan fingerprint density at radius 1 is 1.11 bits per heavy atom. The number of carbonyl (C=O) groups is 1. The lowest BCUT2D eigenvalue weighted by Crippen LogP contribution is -2.43. The molecule has 1 saturated heterocycles. The first-order chi connectivity index (χ1) is 12.8. The van der Waals surface area contributed by atoms with E-state index in [4.69, 9.17) is 0 Å².